The van der Waals surface area contributed by atoms with Gasteiger partial charge in [0.15, 0.2) is 46.3 Å². The van der Waals surface area contributed by atoms with Gasteiger partial charge in [0.05, 0.1) is 86.1 Å². The lowest BCUT2D eigenvalue weighted by molar-refractivity contribution is 0.114. The molecule has 0 spiro atoms. The van der Waals surface area contributed by atoms with Gasteiger partial charge in [-0.25, -0.2) is 37.5 Å². The van der Waals surface area contributed by atoms with Crippen LogP contribution in [0.3, 0.4) is 0 Å². The van der Waals surface area contributed by atoms with E-state index in [-0.39, 0.29) is 57.3 Å². The summed E-state index contributed by atoms with van der Waals surface area (Å²) in [6.45, 7) is 6.70. The van der Waals surface area contributed by atoms with Crippen LogP contribution in [0.1, 0.15) is 32.1 Å². The van der Waals surface area contributed by atoms with E-state index in [1.807, 2.05) is 85.8 Å². The lowest BCUT2D eigenvalue weighted by Crippen LogP contribution is -2.41. The molecule has 4 N–H and O–H groups in total. The number of aromatic nitrogens is 8. The molecule has 0 amide bonds. The summed E-state index contributed by atoms with van der Waals surface area (Å²) in [5.74, 6) is -1.35. The Hall–Kier alpha value is -11.8. The van der Waals surface area contributed by atoms with Crippen LogP contribution < -0.4 is 71.8 Å². The Labute approximate surface area is 643 Å². The number of ether oxygens (including phenoxy) is 4. The SMILES string of the molecule is CNC1CCN(c2ccc3nc(-c4ccc(OC)c(F)c4)cc(=O)n3c2)CC1.COc1ccc(-c2cc(=O)n3cc(N4CCC(N)CC4)ccc3n2)cc1F.COc1ccc(-c2cc(=O)n3cc(N4CC[C@H](N(C)C)C4)ccc3n2)cc1F.COc1ccc(-c2cc(=O)n3cc(N4C[C@@H](O)[C@H](N(C)C)C4)ccc3n2)cc1F. The van der Waals surface area contributed by atoms with E-state index in [1.54, 1.807) is 51.5 Å². The zero-order valence-electron chi connectivity index (χ0n) is 63.8. The van der Waals surface area contributed by atoms with Gasteiger partial charge in [-0.15, -0.1) is 0 Å². The first-order valence-corrected chi connectivity index (χ1v) is 36.9. The number of nitrogens with two attached hydrogens (primary N) is 1. The Morgan fingerprint density at radius 1 is 0.402 bits per heavy atom. The fourth-order valence-corrected chi connectivity index (χ4v) is 14.5. The van der Waals surface area contributed by atoms with E-state index in [4.69, 9.17) is 24.7 Å². The number of piperidine rings is 2. The second-order valence-corrected chi connectivity index (χ2v) is 28.5. The second-order valence-electron chi connectivity index (χ2n) is 28.5. The quantitative estimate of drug-likeness (QED) is 0.0808. The number of benzene rings is 4. The maximum absolute atomic E-state index is 14.0. The summed E-state index contributed by atoms with van der Waals surface area (Å²) in [6, 6.07) is 40.2. The Balaban J connectivity index is 0.000000131. The Bertz CT molecular complexity index is 5670. The van der Waals surface area contributed by atoms with Crippen molar-refractivity contribution in [3.63, 3.8) is 0 Å². The van der Waals surface area contributed by atoms with Crippen molar-refractivity contribution >= 4 is 45.3 Å². The first-order valence-electron chi connectivity index (χ1n) is 36.9. The van der Waals surface area contributed by atoms with E-state index in [1.165, 1.54) is 110 Å². The number of aliphatic hydroxyl groups is 1. The number of halogens is 4. The number of hydrogen-bond acceptors (Lipinski definition) is 21. The van der Waals surface area contributed by atoms with Gasteiger partial charge in [0.25, 0.3) is 22.2 Å². The van der Waals surface area contributed by atoms with Crippen molar-refractivity contribution in [2.24, 2.45) is 5.73 Å². The molecule has 0 unspecified atom stereocenters. The summed E-state index contributed by atoms with van der Waals surface area (Å²) in [5.41, 5.74) is 14.8. The van der Waals surface area contributed by atoms with E-state index in [9.17, 15) is 41.8 Å². The molecule has 4 aliphatic heterocycles. The normalized spacial score (nSPS) is 16.7. The maximum atomic E-state index is 14.0. The summed E-state index contributed by atoms with van der Waals surface area (Å²) in [4.78, 5) is 81.9. The number of hydrogen-bond donors (Lipinski definition) is 3. The Morgan fingerprint density at radius 2 is 0.714 bits per heavy atom. The standard InChI is InChI=1S/C21H23FN4O3.2C21H23FN4O2.C20H21FN4O2/c1-24(2)17-11-25(12-18(17)27)14-5-7-20-23-16(9-21(28)26(20)10-14)13-4-6-19(29-3)15(22)8-13;1-24(2)15-8-9-25(12-15)16-5-7-20-23-18(11-21(27)26(20)13-16)14-4-6-19(28-3)17(22)10-14;1-23-15-7-9-25(10-8-15)16-4-6-20-24-18(12-21(27)26(20)13-16)14-3-5-19(28-2)17(22)11-14;1-27-18-4-2-13(10-16(18)21)17-11-20(26)25-12-15(3-5-19(25)23-17)24-8-6-14(22)7-9-24/h4-10,17-18,27H,11-12H2,1-3H3;4-7,10-11,13,15H,8-9,12H2,1-3H3;3-6,11-13,15,23H,7-10H2,1-2H3;2-5,10-12,14H,6-9,22H2,1H3/t17-,18-;15-;;/m10../s1. The van der Waals surface area contributed by atoms with Crippen LogP contribution in [0.2, 0.25) is 0 Å². The minimum Gasteiger partial charge on any atom is -0.494 e. The third-order valence-electron chi connectivity index (χ3n) is 21.1. The third kappa shape index (κ3) is 17.4. The van der Waals surface area contributed by atoms with Gasteiger partial charge in [0, 0.05) is 142 Å². The molecular weight excluding hydrogens is 1440 g/mol. The lowest BCUT2D eigenvalue weighted by Gasteiger charge is -2.33. The highest BCUT2D eigenvalue weighted by molar-refractivity contribution is 5.68. The minimum atomic E-state index is -0.509. The average Bonchev–Trinajstić information content (AvgIpc) is 1.19. The van der Waals surface area contributed by atoms with Gasteiger partial charge in [-0.3, -0.25) is 36.8 Å². The molecule has 8 aromatic heterocycles. The van der Waals surface area contributed by atoms with Crippen LogP contribution >= 0.6 is 0 Å². The number of fused-ring (bicyclic) bond motifs is 4. The second kappa shape index (κ2) is 34.2. The van der Waals surface area contributed by atoms with Crippen molar-refractivity contribution in [3.05, 3.63) is 235 Å². The highest BCUT2D eigenvalue weighted by atomic mass is 19.1. The molecule has 12 aromatic rings. The predicted octanol–water partition coefficient (Wildman–Crippen LogP) is 9.40. The van der Waals surface area contributed by atoms with Crippen LogP contribution in [0, 0.1) is 23.3 Å². The third-order valence-corrected chi connectivity index (χ3v) is 21.1. The van der Waals surface area contributed by atoms with Crippen molar-refractivity contribution in [2.45, 2.75) is 62.4 Å². The van der Waals surface area contributed by atoms with Gasteiger partial charge in [0.1, 0.15) is 22.6 Å². The molecule has 25 nitrogen and oxygen atoms in total. The van der Waals surface area contributed by atoms with Crippen LogP contribution in [0.15, 0.2) is 190 Å². The molecule has 16 rings (SSSR count). The number of likely N-dealkylation sites (N-methyl/N-ethyl adjacent to an activating group) is 2. The molecule has 4 aliphatic rings. The minimum absolute atomic E-state index is 0.0351. The molecule has 4 aromatic carbocycles. The maximum Gasteiger partial charge on any atom is 0.258 e. The predicted molar refractivity (Wildman–Crippen MR) is 427 cm³/mol. The highest BCUT2D eigenvalue weighted by Crippen LogP contribution is 2.32. The van der Waals surface area contributed by atoms with Crippen LogP contribution in [-0.4, -0.2) is 199 Å². The number of anilines is 4. The number of rotatable bonds is 15. The Morgan fingerprint density at radius 3 is 1.00 bits per heavy atom. The summed E-state index contributed by atoms with van der Waals surface area (Å²) in [6.07, 6.45) is 11.9. The van der Waals surface area contributed by atoms with E-state index in [0.717, 1.165) is 94.1 Å². The number of nitrogens with one attached hydrogen (secondary N) is 1. The Kier molecular flexibility index (Phi) is 24.0. The molecule has 112 heavy (non-hydrogen) atoms. The summed E-state index contributed by atoms with van der Waals surface area (Å²) in [5, 5.41) is 13.6. The molecule has 584 valence electrons. The van der Waals surface area contributed by atoms with Crippen molar-refractivity contribution in [1.29, 1.82) is 0 Å². The fourth-order valence-electron chi connectivity index (χ4n) is 14.5. The number of nitrogens with zero attached hydrogens (tertiary/aromatic N) is 14. The zero-order valence-corrected chi connectivity index (χ0v) is 63.8. The van der Waals surface area contributed by atoms with Crippen LogP contribution in [0.4, 0.5) is 40.3 Å². The van der Waals surface area contributed by atoms with Gasteiger partial charge >= 0.3 is 0 Å². The van der Waals surface area contributed by atoms with E-state index >= 15 is 0 Å². The molecule has 4 saturated heterocycles. The summed E-state index contributed by atoms with van der Waals surface area (Å²) in [7, 11) is 15.7. The summed E-state index contributed by atoms with van der Waals surface area (Å²) < 4.78 is 81.9. The van der Waals surface area contributed by atoms with Crippen LogP contribution in [0.5, 0.6) is 23.0 Å². The number of β-amino-alcohol motifs (C(OH)–C–C–N with tert-alkyl or cyclic N) is 1. The lowest BCUT2D eigenvalue weighted by atomic mass is 10.1. The van der Waals surface area contributed by atoms with Gasteiger partial charge in [0.2, 0.25) is 0 Å². The number of methoxy groups -OCH3 is 4. The van der Waals surface area contributed by atoms with Gasteiger partial charge in [-0.2, -0.15) is 0 Å². The molecular formula is C83H90F4N16O9. The van der Waals surface area contributed by atoms with Gasteiger partial charge < -0.3 is 64.5 Å². The highest BCUT2D eigenvalue weighted by Gasteiger charge is 2.33. The van der Waals surface area contributed by atoms with Crippen molar-refractivity contribution in [1.82, 2.24) is 52.7 Å². The first kappa shape index (κ1) is 78.4. The fraction of sp³-hybridized carbons (Fsp3) is 0.325. The van der Waals surface area contributed by atoms with Crippen LogP contribution in [-0.2, 0) is 0 Å². The van der Waals surface area contributed by atoms with Crippen molar-refractivity contribution < 1.29 is 41.6 Å². The zero-order chi connectivity index (χ0) is 79.2. The van der Waals surface area contributed by atoms with Gasteiger partial charge in [-0.05, 0) is 189 Å². The molecule has 12 heterocycles. The molecule has 3 atom stereocenters. The van der Waals surface area contributed by atoms with E-state index in [0.29, 0.717) is 92.8 Å². The smallest absolute Gasteiger partial charge is 0.258 e. The van der Waals surface area contributed by atoms with Gasteiger partial charge in [-0.1, -0.05) is 0 Å². The number of pyridine rings is 4. The van der Waals surface area contributed by atoms with Crippen molar-refractivity contribution in [3.8, 4) is 68.0 Å². The van der Waals surface area contributed by atoms with E-state index < -0.39 is 29.4 Å². The topological polar surface area (TPSA) is 252 Å². The molecule has 0 bridgehead atoms. The monoisotopic (exact) mass is 1530 g/mol. The molecule has 0 aliphatic carbocycles. The molecule has 4 fully saturated rings. The van der Waals surface area contributed by atoms with E-state index in [2.05, 4.69) is 58.9 Å². The summed E-state index contributed by atoms with van der Waals surface area (Å²) >= 11 is 0. The average molecular weight is 1530 g/mol. The van der Waals surface area contributed by atoms with Crippen LogP contribution in [0.25, 0.3) is 67.6 Å². The molecule has 0 radical (unpaired) electrons. The van der Waals surface area contributed by atoms with Crippen molar-refractivity contribution in [2.75, 3.05) is 136 Å². The molecule has 29 heteroatoms. The largest absolute Gasteiger partial charge is 0.494 e. The molecule has 0 saturated carbocycles. The number of aliphatic hydroxyl groups excluding tert-OH is 1. The first-order chi connectivity index (χ1) is 54.0.